The Balaban J connectivity index is 3.62. The number of hydrogen-bond acceptors (Lipinski definition) is 2. The van der Waals surface area contributed by atoms with E-state index in [2.05, 4.69) is 19.2 Å². The summed E-state index contributed by atoms with van der Waals surface area (Å²) in [6.07, 6.45) is 5.59. The Morgan fingerprint density at radius 3 is 2.54 bits per heavy atom. The van der Waals surface area contributed by atoms with E-state index >= 15 is 0 Å². The highest BCUT2D eigenvalue weighted by Gasteiger charge is 2.10. The Morgan fingerprint density at radius 1 is 1.38 bits per heavy atom. The summed E-state index contributed by atoms with van der Waals surface area (Å²) in [5.74, 6) is 0.964. The molecule has 0 rings (SSSR count). The fraction of sp³-hybridized carbons (Fsp3) is 0.909. The number of hydrogen-bond donors (Lipinski definition) is 1. The number of nitrogens with one attached hydrogen (secondary N) is 1. The predicted molar refractivity (Wildman–Crippen MR) is 56.9 cm³/mol. The summed E-state index contributed by atoms with van der Waals surface area (Å²) in [6.45, 7) is 4.90. The molecule has 13 heavy (non-hydrogen) atoms. The topological polar surface area (TPSA) is 29.1 Å². The smallest absolute Gasteiger partial charge is 0.146 e. The summed E-state index contributed by atoms with van der Waals surface area (Å²) in [4.78, 5) is 11.3. The highest BCUT2D eigenvalue weighted by atomic mass is 16.1. The number of Topliss-reactive ketones (excluding diaryl/α,β-unsaturated/α-hetero) is 1. The van der Waals surface area contributed by atoms with Gasteiger partial charge in [-0.25, -0.2) is 0 Å². The number of rotatable bonds is 8. The van der Waals surface area contributed by atoms with E-state index in [1.807, 2.05) is 7.05 Å². The lowest BCUT2D eigenvalue weighted by molar-refractivity contribution is -0.119. The number of likely N-dealkylation sites (N-methyl/N-ethyl adjacent to an activating group) is 1. The van der Waals surface area contributed by atoms with E-state index in [4.69, 9.17) is 0 Å². The van der Waals surface area contributed by atoms with Crippen LogP contribution in [0.4, 0.5) is 0 Å². The van der Waals surface area contributed by atoms with Crippen LogP contribution in [-0.4, -0.2) is 19.4 Å². The SMILES string of the molecule is CCCCC(CC)CC(=O)CNC. The quantitative estimate of drug-likeness (QED) is 0.629. The minimum Gasteiger partial charge on any atom is -0.313 e. The highest BCUT2D eigenvalue weighted by molar-refractivity contribution is 5.80. The molecule has 1 atom stereocenters. The van der Waals surface area contributed by atoms with Gasteiger partial charge < -0.3 is 5.32 Å². The molecule has 0 aromatic carbocycles. The molecule has 0 heterocycles. The minimum atomic E-state index is 0.352. The Bertz CT molecular complexity index is 134. The van der Waals surface area contributed by atoms with E-state index in [9.17, 15) is 4.79 Å². The second-order valence-electron chi connectivity index (χ2n) is 3.69. The van der Waals surface area contributed by atoms with E-state index in [0.29, 0.717) is 18.2 Å². The molecule has 2 heteroatoms. The van der Waals surface area contributed by atoms with E-state index in [-0.39, 0.29) is 0 Å². The predicted octanol–water partition coefficient (Wildman–Crippen LogP) is 2.38. The molecule has 0 aliphatic carbocycles. The van der Waals surface area contributed by atoms with Gasteiger partial charge in [-0.05, 0) is 13.0 Å². The maximum atomic E-state index is 11.3. The first-order valence-corrected chi connectivity index (χ1v) is 5.40. The molecule has 1 N–H and O–H groups in total. The van der Waals surface area contributed by atoms with Gasteiger partial charge in [-0.2, -0.15) is 0 Å². The summed E-state index contributed by atoms with van der Waals surface area (Å²) >= 11 is 0. The fourth-order valence-electron chi connectivity index (χ4n) is 1.53. The summed E-state index contributed by atoms with van der Waals surface area (Å²) in [6, 6.07) is 0. The van der Waals surface area contributed by atoms with Crippen LogP contribution in [0.15, 0.2) is 0 Å². The van der Waals surface area contributed by atoms with Crippen molar-refractivity contribution in [2.75, 3.05) is 13.6 Å². The summed E-state index contributed by atoms with van der Waals surface area (Å²) < 4.78 is 0. The molecule has 0 aliphatic rings. The molecular formula is C11H23NO. The first-order valence-electron chi connectivity index (χ1n) is 5.40. The number of ketones is 1. The van der Waals surface area contributed by atoms with Gasteiger partial charge in [0.15, 0.2) is 0 Å². The molecular weight excluding hydrogens is 162 g/mol. The monoisotopic (exact) mass is 185 g/mol. The van der Waals surface area contributed by atoms with Gasteiger partial charge in [0.05, 0.1) is 6.54 Å². The van der Waals surface area contributed by atoms with Crippen LogP contribution < -0.4 is 5.32 Å². The molecule has 2 nitrogen and oxygen atoms in total. The van der Waals surface area contributed by atoms with Crippen molar-refractivity contribution < 1.29 is 4.79 Å². The lowest BCUT2D eigenvalue weighted by Crippen LogP contribution is -2.20. The van der Waals surface area contributed by atoms with Crippen LogP contribution >= 0.6 is 0 Å². The average molecular weight is 185 g/mol. The number of carbonyl (C=O) groups is 1. The van der Waals surface area contributed by atoms with Gasteiger partial charge in [0, 0.05) is 6.42 Å². The van der Waals surface area contributed by atoms with Crippen molar-refractivity contribution in [1.82, 2.24) is 5.32 Å². The molecule has 0 saturated carbocycles. The molecule has 0 saturated heterocycles. The van der Waals surface area contributed by atoms with Crippen molar-refractivity contribution in [2.45, 2.75) is 46.0 Å². The fourth-order valence-corrected chi connectivity index (χ4v) is 1.53. The van der Waals surface area contributed by atoms with Crippen molar-refractivity contribution in [3.05, 3.63) is 0 Å². The van der Waals surface area contributed by atoms with Gasteiger partial charge in [0.25, 0.3) is 0 Å². The molecule has 0 radical (unpaired) electrons. The van der Waals surface area contributed by atoms with E-state index in [1.54, 1.807) is 0 Å². The minimum absolute atomic E-state index is 0.352. The largest absolute Gasteiger partial charge is 0.313 e. The lowest BCUT2D eigenvalue weighted by Gasteiger charge is -2.12. The average Bonchev–Trinajstić information content (AvgIpc) is 2.12. The maximum absolute atomic E-state index is 11.3. The van der Waals surface area contributed by atoms with Gasteiger partial charge in [-0.1, -0.05) is 39.5 Å². The van der Waals surface area contributed by atoms with E-state index < -0.39 is 0 Å². The highest BCUT2D eigenvalue weighted by Crippen LogP contribution is 2.16. The lowest BCUT2D eigenvalue weighted by atomic mass is 9.94. The van der Waals surface area contributed by atoms with Crippen molar-refractivity contribution in [3.63, 3.8) is 0 Å². The van der Waals surface area contributed by atoms with Crippen molar-refractivity contribution in [2.24, 2.45) is 5.92 Å². The van der Waals surface area contributed by atoms with Crippen LogP contribution in [0.25, 0.3) is 0 Å². The molecule has 0 amide bonds. The van der Waals surface area contributed by atoms with Gasteiger partial charge >= 0.3 is 0 Å². The van der Waals surface area contributed by atoms with Crippen molar-refractivity contribution in [1.29, 1.82) is 0 Å². The zero-order valence-corrected chi connectivity index (χ0v) is 9.23. The van der Waals surface area contributed by atoms with E-state index in [1.165, 1.54) is 19.3 Å². The molecule has 0 fully saturated rings. The Morgan fingerprint density at radius 2 is 2.08 bits per heavy atom. The summed E-state index contributed by atoms with van der Waals surface area (Å²) in [5.41, 5.74) is 0. The van der Waals surface area contributed by atoms with Gasteiger partial charge in [0.2, 0.25) is 0 Å². The normalized spacial score (nSPS) is 12.8. The molecule has 78 valence electrons. The summed E-state index contributed by atoms with van der Waals surface area (Å²) in [7, 11) is 1.82. The molecule has 0 bridgehead atoms. The number of carbonyl (C=O) groups excluding carboxylic acids is 1. The maximum Gasteiger partial charge on any atom is 0.146 e. The van der Waals surface area contributed by atoms with E-state index in [0.717, 1.165) is 12.8 Å². The molecule has 0 aromatic rings. The molecule has 1 unspecified atom stereocenters. The molecule has 0 aromatic heterocycles. The van der Waals surface area contributed by atoms with Crippen molar-refractivity contribution >= 4 is 5.78 Å². The van der Waals surface area contributed by atoms with Crippen LogP contribution in [-0.2, 0) is 4.79 Å². The molecule has 0 spiro atoms. The third-order valence-electron chi connectivity index (χ3n) is 2.43. The second kappa shape index (κ2) is 8.24. The second-order valence-corrected chi connectivity index (χ2v) is 3.69. The third kappa shape index (κ3) is 6.76. The Labute approximate surface area is 82.1 Å². The van der Waals surface area contributed by atoms with Crippen LogP contribution in [0, 0.1) is 5.92 Å². The van der Waals surface area contributed by atoms with Gasteiger partial charge in [0.1, 0.15) is 5.78 Å². The van der Waals surface area contributed by atoms with Crippen LogP contribution in [0.3, 0.4) is 0 Å². The standard InChI is InChI=1S/C11H23NO/c1-4-6-7-10(5-2)8-11(13)9-12-3/h10,12H,4-9H2,1-3H3. The van der Waals surface area contributed by atoms with Crippen LogP contribution in [0.2, 0.25) is 0 Å². The Kier molecular flexibility index (Phi) is 8.00. The van der Waals surface area contributed by atoms with Crippen LogP contribution in [0.1, 0.15) is 46.0 Å². The zero-order chi connectivity index (χ0) is 10.1. The first kappa shape index (κ1) is 12.6. The summed E-state index contributed by atoms with van der Waals surface area (Å²) in [5, 5.41) is 2.90. The zero-order valence-electron chi connectivity index (χ0n) is 9.23. The Hall–Kier alpha value is -0.370. The van der Waals surface area contributed by atoms with Gasteiger partial charge in [-0.3, -0.25) is 4.79 Å². The van der Waals surface area contributed by atoms with Gasteiger partial charge in [-0.15, -0.1) is 0 Å². The van der Waals surface area contributed by atoms with Crippen LogP contribution in [0.5, 0.6) is 0 Å². The van der Waals surface area contributed by atoms with Crippen molar-refractivity contribution in [3.8, 4) is 0 Å². The number of unbranched alkanes of at least 4 members (excludes halogenated alkanes) is 1. The first-order chi connectivity index (χ1) is 6.24. The molecule has 0 aliphatic heterocycles. The third-order valence-corrected chi connectivity index (χ3v) is 2.43.